The van der Waals surface area contributed by atoms with Crippen LogP contribution in [0.5, 0.6) is 0 Å². The summed E-state index contributed by atoms with van der Waals surface area (Å²) in [7, 11) is 4.61. The summed E-state index contributed by atoms with van der Waals surface area (Å²) in [5.74, 6) is 0. The highest BCUT2D eigenvalue weighted by Crippen LogP contribution is 2.05. The molecule has 73 valence electrons. The first-order valence-corrected chi connectivity index (χ1v) is 5.23. The Labute approximate surface area is 78.4 Å². The molecule has 0 rings (SSSR count). The Kier molecular flexibility index (Phi) is 6.45. The molecule has 0 aliphatic rings. The van der Waals surface area contributed by atoms with Crippen molar-refractivity contribution < 1.29 is 4.48 Å². The second kappa shape index (κ2) is 6.47. The summed E-state index contributed by atoms with van der Waals surface area (Å²) in [5.41, 5.74) is 0. The van der Waals surface area contributed by atoms with Crippen LogP contribution >= 0.6 is 0 Å². The summed E-state index contributed by atoms with van der Waals surface area (Å²) >= 11 is 0. The first kappa shape index (κ1) is 12.0. The standard InChI is InChI=1S/C11H25N/c1-5-7-8-9-11-12(3,4)10-6-2/h2,5-11H2,1,3-4H3/q+1. The number of nitrogens with zero attached hydrogens (tertiary/aromatic N) is 1. The van der Waals surface area contributed by atoms with Crippen LogP contribution in [0.1, 0.15) is 39.0 Å². The fraction of sp³-hybridized carbons (Fsp3) is 0.909. The molecule has 0 aliphatic carbocycles. The Hall–Kier alpha value is -0.0400. The van der Waals surface area contributed by atoms with Gasteiger partial charge in [0.05, 0.1) is 27.2 Å². The minimum Gasteiger partial charge on any atom is -0.328 e. The van der Waals surface area contributed by atoms with Crippen LogP contribution in [-0.4, -0.2) is 31.7 Å². The van der Waals surface area contributed by atoms with Crippen molar-refractivity contribution in [2.45, 2.75) is 39.0 Å². The molecule has 0 heterocycles. The average molecular weight is 171 g/mol. The predicted octanol–water partition coefficient (Wildman–Crippen LogP) is 2.87. The molecule has 0 aliphatic heterocycles. The van der Waals surface area contributed by atoms with Gasteiger partial charge >= 0.3 is 0 Å². The van der Waals surface area contributed by atoms with Gasteiger partial charge in [-0.15, -0.1) is 0 Å². The smallest absolute Gasteiger partial charge is 0.0782 e. The molecule has 0 unspecified atom stereocenters. The van der Waals surface area contributed by atoms with Crippen molar-refractivity contribution in [1.82, 2.24) is 0 Å². The van der Waals surface area contributed by atoms with Crippen LogP contribution in [0.4, 0.5) is 0 Å². The molecule has 1 nitrogen and oxygen atoms in total. The van der Waals surface area contributed by atoms with Crippen molar-refractivity contribution in [1.29, 1.82) is 0 Å². The van der Waals surface area contributed by atoms with Gasteiger partial charge in [0, 0.05) is 0 Å². The lowest BCUT2D eigenvalue weighted by molar-refractivity contribution is -0.890. The highest BCUT2D eigenvalue weighted by atomic mass is 15.3. The summed E-state index contributed by atoms with van der Waals surface area (Å²) < 4.78 is 1.15. The molecule has 1 heteroatoms. The van der Waals surface area contributed by atoms with Crippen molar-refractivity contribution in [3.8, 4) is 0 Å². The van der Waals surface area contributed by atoms with E-state index in [0.29, 0.717) is 0 Å². The van der Waals surface area contributed by atoms with Crippen molar-refractivity contribution >= 4 is 0 Å². The lowest BCUT2D eigenvalue weighted by Gasteiger charge is -2.29. The summed E-state index contributed by atoms with van der Waals surface area (Å²) in [6, 6.07) is 0. The van der Waals surface area contributed by atoms with Crippen LogP contribution in [0.2, 0.25) is 0 Å². The van der Waals surface area contributed by atoms with Gasteiger partial charge in [0.1, 0.15) is 0 Å². The van der Waals surface area contributed by atoms with Gasteiger partial charge in [-0.05, 0) is 26.2 Å². The van der Waals surface area contributed by atoms with Crippen LogP contribution in [0.3, 0.4) is 0 Å². The summed E-state index contributed by atoms with van der Waals surface area (Å²) in [6.07, 6.45) is 6.56. The third-order valence-corrected chi connectivity index (χ3v) is 2.38. The molecule has 0 saturated carbocycles. The van der Waals surface area contributed by atoms with E-state index in [1.165, 1.54) is 38.8 Å². The number of hydrogen-bond acceptors (Lipinski definition) is 0. The first-order chi connectivity index (χ1) is 5.62. The van der Waals surface area contributed by atoms with Crippen LogP contribution in [0.15, 0.2) is 0 Å². The highest BCUT2D eigenvalue weighted by molar-refractivity contribution is 4.42. The van der Waals surface area contributed by atoms with Crippen LogP contribution < -0.4 is 0 Å². The molecular formula is C11H25N+. The molecule has 0 saturated heterocycles. The van der Waals surface area contributed by atoms with E-state index >= 15 is 0 Å². The van der Waals surface area contributed by atoms with Crippen LogP contribution in [-0.2, 0) is 0 Å². The number of quaternary nitrogens is 1. The molecule has 1 radical (unpaired) electrons. The van der Waals surface area contributed by atoms with Gasteiger partial charge in [0.2, 0.25) is 0 Å². The van der Waals surface area contributed by atoms with Gasteiger partial charge in [0.15, 0.2) is 0 Å². The molecule has 12 heavy (non-hydrogen) atoms. The second-order valence-corrected chi connectivity index (χ2v) is 4.30. The topological polar surface area (TPSA) is 0 Å². The van der Waals surface area contributed by atoms with Crippen LogP contribution in [0, 0.1) is 6.92 Å². The van der Waals surface area contributed by atoms with Gasteiger partial charge in [-0.1, -0.05) is 19.8 Å². The van der Waals surface area contributed by atoms with E-state index in [2.05, 4.69) is 27.9 Å². The largest absolute Gasteiger partial charge is 0.328 e. The fourth-order valence-corrected chi connectivity index (χ4v) is 1.51. The van der Waals surface area contributed by atoms with Gasteiger partial charge in [0.25, 0.3) is 0 Å². The van der Waals surface area contributed by atoms with E-state index in [4.69, 9.17) is 0 Å². The maximum atomic E-state index is 3.90. The molecule has 0 aromatic heterocycles. The molecule has 0 aromatic rings. The number of hydrogen-bond donors (Lipinski definition) is 0. The Morgan fingerprint density at radius 2 is 1.67 bits per heavy atom. The molecule has 0 amide bonds. The minimum atomic E-state index is 1.06. The Balaban J connectivity index is 3.33. The minimum absolute atomic E-state index is 1.06. The van der Waals surface area contributed by atoms with E-state index in [0.717, 1.165) is 10.9 Å². The first-order valence-electron chi connectivity index (χ1n) is 5.23. The zero-order chi connectivity index (χ0) is 9.45. The Bertz CT molecular complexity index is 97.2. The zero-order valence-corrected chi connectivity index (χ0v) is 9.10. The zero-order valence-electron chi connectivity index (χ0n) is 9.10. The lowest BCUT2D eigenvalue weighted by Crippen LogP contribution is -2.40. The monoisotopic (exact) mass is 171 g/mol. The van der Waals surface area contributed by atoms with Crippen LogP contribution in [0.25, 0.3) is 0 Å². The van der Waals surface area contributed by atoms with E-state index in [-0.39, 0.29) is 0 Å². The van der Waals surface area contributed by atoms with E-state index in [1.807, 2.05) is 0 Å². The van der Waals surface area contributed by atoms with Gasteiger partial charge in [-0.25, -0.2) is 0 Å². The predicted molar refractivity (Wildman–Crippen MR) is 56.0 cm³/mol. The maximum Gasteiger partial charge on any atom is 0.0782 e. The molecule has 0 fully saturated rings. The van der Waals surface area contributed by atoms with Crippen molar-refractivity contribution in [3.05, 3.63) is 6.92 Å². The average Bonchev–Trinajstić information content (AvgIpc) is 1.98. The molecular weight excluding hydrogens is 146 g/mol. The normalized spacial score (nSPS) is 12.0. The van der Waals surface area contributed by atoms with E-state index in [1.54, 1.807) is 0 Å². The van der Waals surface area contributed by atoms with Gasteiger partial charge in [-0.2, -0.15) is 0 Å². The molecule has 0 N–H and O–H groups in total. The number of rotatable bonds is 7. The highest BCUT2D eigenvalue weighted by Gasteiger charge is 2.11. The van der Waals surface area contributed by atoms with Crippen molar-refractivity contribution in [2.75, 3.05) is 27.2 Å². The Morgan fingerprint density at radius 3 is 2.17 bits per heavy atom. The van der Waals surface area contributed by atoms with Crippen molar-refractivity contribution in [2.24, 2.45) is 0 Å². The van der Waals surface area contributed by atoms with E-state index in [9.17, 15) is 0 Å². The summed E-state index contributed by atoms with van der Waals surface area (Å²) in [5, 5.41) is 0. The maximum absolute atomic E-state index is 3.90. The van der Waals surface area contributed by atoms with Gasteiger partial charge < -0.3 is 4.48 Å². The lowest BCUT2D eigenvalue weighted by atomic mass is 10.2. The van der Waals surface area contributed by atoms with Gasteiger partial charge in [-0.3, -0.25) is 0 Å². The molecule has 0 bridgehead atoms. The fourth-order valence-electron chi connectivity index (χ4n) is 1.51. The summed E-state index contributed by atoms with van der Waals surface area (Å²) in [4.78, 5) is 0. The third kappa shape index (κ3) is 6.66. The molecule has 0 atom stereocenters. The number of unbranched alkanes of at least 4 members (excludes halogenated alkanes) is 3. The third-order valence-electron chi connectivity index (χ3n) is 2.38. The van der Waals surface area contributed by atoms with Crippen molar-refractivity contribution in [3.63, 3.8) is 0 Å². The molecule has 0 spiro atoms. The summed E-state index contributed by atoms with van der Waals surface area (Å²) in [6.45, 7) is 8.69. The Morgan fingerprint density at radius 1 is 1.00 bits per heavy atom. The van der Waals surface area contributed by atoms with E-state index < -0.39 is 0 Å². The molecule has 0 aromatic carbocycles. The SMILES string of the molecule is [CH2]CC[N+](C)(C)CCCCCC. The quantitative estimate of drug-likeness (QED) is 0.408. The second-order valence-electron chi connectivity index (χ2n) is 4.30.